The minimum absolute atomic E-state index is 0.175. The third-order valence-corrected chi connectivity index (χ3v) is 4.41. The molecule has 0 aliphatic heterocycles. The number of aliphatic hydroxyl groups excluding tert-OH is 1. The largest absolute Gasteiger partial charge is 0.391 e. The second-order valence-electron chi connectivity index (χ2n) is 4.63. The molecule has 4 nitrogen and oxygen atoms in total. The van der Waals surface area contributed by atoms with E-state index in [-0.39, 0.29) is 6.54 Å². The van der Waals surface area contributed by atoms with Crippen LogP contribution in [0.4, 0.5) is 4.39 Å². The smallest absolute Gasteiger partial charge is 0.243 e. The maximum Gasteiger partial charge on any atom is 0.243 e. The molecule has 0 heterocycles. The van der Waals surface area contributed by atoms with Crippen LogP contribution < -0.4 is 4.72 Å². The second kappa shape index (κ2) is 6.80. The fraction of sp³-hybridized carbons (Fsp3) is 0.200. The summed E-state index contributed by atoms with van der Waals surface area (Å²) >= 11 is 0. The maximum atomic E-state index is 13.5. The third-order valence-electron chi connectivity index (χ3n) is 2.95. The summed E-state index contributed by atoms with van der Waals surface area (Å²) < 4.78 is 39.6. The molecule has 0 radical (unpaired) electrons. The number of hydrogen-bond acceptors (Lipinski definition) is 3. The number of benzene rings is 2. The van der Waals surface area contributed by atoms with Gasteiger partial charge < -0.3 is 5.11 Å². The SMILES string of the molecule is O=S(=O)(NCC(O)Cc1ccccc1)c1ccccc1F. The van der Waals surface area contributed by atoms with Crippen LogP contribution in [0.3, 0.4) is 0 Å². The summed E-state index contributed by atoms with van der Waals surface area (Å²) in [5.41, 5.74) is 0.898. The Morgan fingerprint density at radius 1 is 1.05 bits per heavy atom. The fourth-order valence-corrected chi connectivity index (χ4v) is 3.05. The Morgan fingerprint density at radius 3 is 2.33 bits per heavy atom. The van der Waals surface area contributed by atoms with Crippen LogP contribution in [0.1, 0.15) is 5.56 Å². The van der Waals surface area contributed by atoms with Gasteiger partial charge in [-0.05, 0) is 24.1 Å². The monoisotopic (exact) mass is 309 g/mol. The summed E-state index contributed by atoms with van der Waals surface area (Å²) in [5.74, 6) is -0.817. The highest BCUT2D eigenvalue weighted by atomic mass is 32.2. The van der Waals surface area contributed by atoms with Gasteiger partial charge in [0.05, 0.1) is 6.10 Å². The predicted octanol–water partition coefficient (Wildman–Crippen LogP) is 1.71. The molecule has 2 rings (SSSR count). The second-order valence-corrected chi connectivity index (χ2v) is 6.36. The summed E-state index contributed by atoms with van der Waals surface area (Å²) in [6.07, 6.45) is -0.561. The van der Waals surface area contributed by atoms with Crippen LogP contribution >= 0.6 is 0 Å². The molecule has 112 valence electrons. The zero-order valence-electron chi connectivity index (χ0n) is 11.2. The molecule has 21 heavy (non-hydrogen) atoms. The molecule has 0 amide bonds. The highest BCUT2D eigenvalue weighted by molar-refractivity contribution is 7.89. The van der Waals surface area contributed by atoms with E-state index in [2.05, 4.69) is 4.72 Å². The van der Waals surface area contributed by atoms with E-state index in [4.69, 9.17) is 0 Å². The van der Waals surface area contributed by atoms with Crippen LogP contribution in [0, 0.1) is 5.82 Å². The maximum absolute atomic E-state index is 13.5. The lowest BCUT2D eigenvalue weighted by molar-refractivity contribution is 0.179. The predicted molar refractivity (Wildman–Crippen MR) is 77.7 cm³/mol. The quantitative estimate of drug-likeness (QED) is 0.853. The van der Waals surface area contributed by atoms with Crippen LogP contribution in [-0.4, -0.2) is 26.2 Å². The Hall–Kier alpha value is -1.76. The summed E-state index contributed by atoms with van der Waals surface area (Å²) in [7, 11) is -3.96. The van der Waals surface area contributed by atoms with Gasteiger partial charge in [-0.2, -0.15) is 0 Å². The van der Waals surface area contributed by atoms with Crippen molar-refractivity contribution in [2.24, 2.45) is 0 Å². The van der Waals surface area contributed by atoms with Crippen molar-refractivity contribution < 1.29 is 17.9 Å². The average Bonchev–Trinajstić information content (AvgIpc) is 2.47. The van der Waals surface area contributed by atoms with Crippen molar-refractivity contribution in [1.29, 1.82) is 0 Å². The van der Waals surface area contributed by atoms with Crippen LogP contribution in [0.2, 0.25) is 0 Å². The van der Waals surface area contributed by atoms with E-state index in [1.807, 2.05) is 30.3 Å². The molecule has 0 saturated carbocycles. The molecule has 0 aromatic heterocycles. The van der Waals surface area contributed by atoms with Gasteiger partial charge >= 0.3 is 0 Å². The van der Waals surface area contributed by atoms with Crippen LogP contribution in [0.25, 0.3) is 0 Å². The van der Waals surface area contributed by atoms with E-state index in [0.717, 1.165) is 11.6 Å². The first-order valence-corrected chi connectivity index (χ1v) is 7.93. The molecule has 0 bridgehead atoms. The number of sulfonamides is 1. The molecule has 1 unspecified atom stereocenters. The Morgan fingerprint density at radius 2 is 1.67 bits per heavy atom. The van der Waals surface area contributed by atoms with E-state index in [9.17, 15) is 17.9 Å². The number of rotatable bonds is 6. The van der Waals surface area contributed by atoms with Crippen molar-refractivity contribution in [2.45, 2.75) is 17.4 Å². The van der Waals surface area contributed by atoms with Gasteiger partial charge in [-0.15, -0.1) is 0 Å². The van der Waals surface area contributed by atoms with Gasteiger partial charge in [0.15, 0.2) is 0 Å². The summed E-state index contributed by atoms with van der Waals surface area (Å²) in [5, 5.41) is 9.86. The van der Waals surface area contributed by atoms with E-state index < -0.39 is 26.8 Å². The topological polar surface area (TPSA) is 66.4 Å². The molecule has 0 saturated heterocycles. The molecule has 2 aromatic carbocycles. The molecule has 0 fully saturated rings. The van der Waals surface area contributed by atoms with E-state index >= 15 is 0 Å². The molecule has 0 aliphatic carbocycles. The summed E-state index contributed by atoms with van der Waals surface area (Å²) in [6.45, 7) is -0.175. The molecular formula is C15H16FNO3S. The van der Waals surface area contributed by atoms with Crippen molar-refractivity contribution in [3.8, 4) is 0 Å². The average molecular weight is 309 g/mol. The Balaban J connectivity index is 1.97. The molecule has 6 heteroatoms. The van der Waals surface area contributed by atoms with E-state index in [0.29, 0.717) is 6.42 Å². The first-order valence-electron chi connectivity index (χ1n) is 6.45. The van der Waals surface area contributed by atoms with E-state index in [1.165, 1.54) is 18.2 Å². The Kier molecular flexibility index (Phi) is 5.06. The van der Waals surface area contributed by atoms with Crippen molar-refractivity contribution >= 4 is 10.0 Å². The summed E-state index contributed by atoms with van der Waals surface area (Å²) in [4.78, 5) is -0.420. The van der Waals surface area contributed by atoms with Gasteiger partial charge in [0.25, 0.3) is 0 Å². The highest BCUT2D eigenvalue weighted by Crippen LogP contribution is 2.13. The lowest BCUT2D eigenvalue weighted by Crippen LogP contribution is -2.33. The van der Waals surface area contributed by atoms with Gasteiger partial charge in [0, 0.05) is 6.54 Å². The Labute approximate surface area is 123 Å². The van der Waals surface area contributed by atoms with Crippen molar-refractivity contribution in [3.63, 3.8) is 0 Å². The molecule has 2 aromatic rings. The Bertz CT molecular complexity index is 689. The normalized spacial score (nSPS) is 13.0. The van der Waals surface area contributed by atoms with Gasteiger partial charge in [-0.1, -0.05) is 42.5 Å². The van der Waals surface area contributed by atoms with Gasteiger partial charge in [0.1, 0.15) is 10.7 Å². The van der Waals surface area contributed by atoms with Gasteiger partial charge in [-0.25, -0.2) is 17.5 Å². The zero-order chi connectivity index (χ0) is 15.3. The minimum Gasteiger partial charge on any atom is -0.391 e. The lowest BCUT2D eigenvalue weighted by Gasteiger charge is -2.12. The molecule has 0 aliphatic rings. The van der Waals surface area contributed by atoms with Crippen molar-refractivity contribution in [2.75, 3.05) is 6.54 Å². The fourth-order valence-electron chi connectivity index (χ4n) is 1.90. The van der Waals surface area contributed by atoms with Crippen molar-refractivity contribution in [3.05, 3.63) is 66.0 Å². The zero-order valence-corrected chi connectivity index (χ0v) is 12.1. The number of halogens is 1. The van der Waals surface area contributed by atoms with Crippen LogP contribution in [-0.2, 0) is 16.4 Å². The molecule has 1 atom stereocenters. The molecule has 0 spiro atoms. The van der Waals surface area contributed by atoms with Gasteiger partial charge in [0.2, 0.25) is 10.0 Å². The highest BCUT2D eigenvalue weighted by Gasteiger charge is 2.19. The van der Waals surface area contributed by atoms with Crippen LogP contribution in [0.5, 0.6) is 0 Å². The first-order chi connectivity index (χ1) is 9.99. The number of nitrogens with one attached hydrogen (secondary N) is 1. The standard InChI is InChI=1S/C15H16FNO3S/c16-14-8-4-5-9-15(14)21(19,20)17-11-13(18)10-12-6-2-1-3-7-12/h1-9,13,17-18H,10-11H2. The number of aliphatic hydroxyl groups is 1. The lowest BCUT2D eigenvalue weighted by atomic mass is 10.1. The first kappa shape index (κ1) is 15.6. The minimum atomic E-state index is -3.96. The summed E-state index contributed by atoms with van der Waals surface area (Å²) in [6, 6.07) is 14.3. The molecule has 2 N–H and O–H groups in total. The van der Waals surface area contributed by atoms with Gasteiger partial charge in [-0.3, -0.25) is 0 Å². The number of hydrogen-bond donors (Lipinski definition) is 2. The van der Waals surface area contributed by atoms with Crippen molar-refractivity contribution in [1.82, 2.24) is 4.72 Å². The van der Waals surface area contributed by atoms with Crippen LogP contribution in [0.15, 0.2) is 59.5 Å². The van der Waals surface area contributed by atoms with E-state index in [1.54, 1.807) is 0 Å². The third kappa shape index (κ3) is 4.35. The molecular weight excluding hydrogens is 293 g/mol.